The highest BCUT2D eigenvalue weighted by molar-refractivity contribution is 6.39. The number of halogens is 2. The molecule has 2 aliphatic heterocycles. The molecule has 1 spiro atoms. The first-order valence-electron chi connectivity index (χ1n) is 8.99. The Bertz CT molecular complexity index is 1000. The summed E-state index contributed by atoms with van der Waals surface area (Å²) in [5.41, 5.74) is 0.407. The van der Waals surface area contributed by atoms with E-state index >= 15 is 0 Å². The van der Waals surface area contributed by atoms with Crippen LogP contribution in [0.4, 0.5) is 0 Å². The number of nitrogens with zero attached hydrogens (tertiary/aromatic N) is 3. The topological polar surface area (TPSA) is 105 Å². The van der Waals surface area contributed by atoms with Crippen LogP contribution in [0, 0.1) is 6.92 Å². The van der Waals surface area contributed by atoms with E-state index in [0.717, 1.165) is 0 Å². The van der Waals surface area contributed by atoms with Gasteiger partial charge in [-0.25, -0.2) is 4.79 Å². The standard InChI is InChI=1S/C19H17Cl2N3O5/c1-10-14(16(23-28-10)15-11(20)3-2-4-12(15)21)17(25)24-7-5-19(6-8-24)9-13(18(26)27)22-29-19/h2-4H,5-9H2,1H3,(H,26,27). The van der Waals surface area contributed by atoms with Crippen molar-refractivity contribution < 1.29 is 24.1 Å². The summed E-state index contributed by atoms with van der Waals surface area (Å²) in [7, 11) is 0. The summed E-state index contributed by atoms with van der Waals surface area (Å²) in [5, 5.41) is 17.5. The van der Waals surface area contributed by atoms with Gasteiger partial charge in [-0.15, -0.1) is 0 Å². The lowest BCUT2D eigenvalue weighted by atomic mass is 9.86. The zero-order valence-electron chi connectivity index (χ0n) is 15.4. The molecule has 1 saturated heterocycles. The Hall–Kier alpha value is -2.58. The maximum atomic E-state index is 13.3. The Kier molecular flexibility index (Phi) is 5.00. The molecule has 10 heteroatoms. The number of carbonyl (C=O) groups excluding carboxylic acids is 1. The molecule has 0 bridgehead atoms. The number of carboxylic acid groups (broad SMARTS) is 1. The third-order valence-corrected chi connectivity index (χ3v) is 5.95. The Morgan fingerprint density at radius 2 is 1.86 bits per heavy atom. The Morgan fingerprint density at radius 3 is 2.45 bits per heavy atom. The van der Waals surface area contributed by atoms with Gasteiger partial charge in [0.1, 0.15) is 22.6 Å². The van der Waals surface area contributed by atoms with Gasteiger partial charge >= 0.3 is 5.97 Å². The molecule has 1 aromatic carbocycles. The molecule has 0 radical (unpaired) electrons. The number of carbonyl (C=O) groups is 2. The van der Waals surface area contributed by atoms with Crippen molar-refractivity contribution in [3.05, 3.63) is 39.6 Å². The molecule has 1 N–H and O–H groups in total. The number of carboxylic acids is 1. The van der Waals surface area contributed by atoms with Crippen molar-refractivity contribution in [3.63, 3.8) is 0 Å². The van der Waals surface area contributed by atoms with E-state index in [1.165, 1.54) is 0 Å². The Labute approximate surface area is 176 Å². The maximum Gasteiger partial charge on any atom is 0.353 e. The van der Waals surface area contributed by atoms with E-state index in [1.54, 1.807) is 30.0 Å². The predicted octanol–water partition coefficient (Wildman–Crippen LogP) is 3.79. The summed E-state index contributed by atoms with van der Waals surface area (Å²) in [6, 6.07) is 5.05. The van der Waals surface area contributed by atoms with Crippen LogP contribution >= 0.6 is 23.2 Å². The highest BCUT2D eigenvalue weighted by Gasteiger charge is 2.45. The maximum absolute atomic E-state index is 13.3. The number of aromatic nitrogens is 1. The first kappa shape index (κ1) is 19.7. The quantitative estimate of drug-likeness (QED) is 0.782. The number of benzene rings is 1. The van der Waals surface area contributed by atoms with E-state index in [1.807, 2.05) is 0 Å². The second kappa shape index (κ2) is 7.35. The molecule has 1 aromatic heterocycles. The molecule has 0 atom stereocenters. The molecular formula is C19H17Cl2N3O5. The number of aliphatic carboxylic acids is 1. The molecule has 4 rings (SSSR count). The first-order valence-corrected chi connectivity index (χ1v) is 9.75. The molecule has 152 valence electrons. The summed E-state index contributed by atoms with van der Waals surface area (Å²) in [6.45, 7) is 2.44. The Balaban J connectivity index is 1.55. The van der Waals surface area contributed by atoms with Gasteiger partial charge in [-0.2, -0.15) is 0 Å². The number of hydrogen-bond donors (Lipinski definition) is 1. The van der Waals surface area contributed by atoms with Gasteiger partial charge in [-0.05, 0) is 19.1 Å². The highest BCUT2D eigenvalue weighted by atomic mass is 35.5. The van der Waals surface area contributed by atoms with E-state index in [4.69, 9.17) is 37.7 Å². The smallest absolute Gasteiger partial charge is 0.353 e. The van der Waals surface area contributed by atoms with E-state index in [9.17, 15) is 9.59 Å². The second-order valence-corrected chi connectivity index (χ2v) is 7.96. The average molecular weight is 438 g/mol. The second-order valence-electron chi connectivity index (χ2n) is 7.15. The molecule has 29 heavy (non-hydrogen) atoms. The van der Waals surface area contributed by atoms with Crippen LogP contribution in [0.25, 0.3) is 11.3 Å². The van der Waals surface area contributed by atoms with E-state index in [-0.39, 0.29) is 18.0 Å². The first-order chi connectivity index (χ1) is 13.8. The van der Waals surface area contributed by atoms with Gasteiger partial charge in [0.2, 0.25) is 0 Å². The normalized spacial score (nSPS) is 17.9. The van der Waals surface area contributed by atoms with Crippen LogP contribution in [0.3, 0.4) is 0 Å². The van der Waals surface area contributed by atoms with Crippen LogP contribution in [-0.2, 0) is 9.63 Å². The largest absolute Gasteiger partial charge is 0.477 e. The third kappa shape index (κ3) is 3.47. The fourth-order valence-electron chi connectivity index (χ4n) is 3.70. The molecule has 2 aromatic rings. The lowest BCUT2D eigenvalue weighted by Crippen LogP contribution is -2.47. The summed E-state index contributed by atoms with van der Waals surface area (Å²) in [4.78, 5) is 31.5. The van der Waals surface area contributed by atoms with Gasteiger partial charge in [0.25, 0.3) is 5.91 Å². The van der Waals surface area contributed by atoms with Gasteiger partial charge in [-0.3, -0.25) is 4.79 Å². The van der Waals surface area contributed by atoms with Gasteiger partial charge in [0.05, 0.1) is 10.0 Å². The molecule has 2 aliphatic rings. The minimum atomic E-state index is -1.08. The number of oxime groups is 1. The van der Waals surface area contributed by atoms with E-state index < -0.39 is 11.6 Å². The SMILES string of the molecule is Cc1onc(-c2c(Cl)cccc2Cl)c1C(=O)N1CCC2(CC1)CC(C(=O)O)=NO2. The summed E-state index contributed by atoms with van der Waals surface area (Å²) >= 11 is 12.6. The van der Waals surface area contributed by atoms with Crippen LogP contribution in [0.1, 0.15) is 35.4 Å². The zero-order valence-corrected chi connectivity index (χ0v) is 17.0. The molecule has 3 heterocycles. The Morgan fingerprint density at radius 1 is 1.21 bits per heavy atom. The summed E-state index contributed by atoms with van der Waals surface area (Å²) in [5.74, 6) is -0.960. The van der Waals surface area contributed by atoms with Crippen LogP contribution in [-0.4, -0.2) is 51.4 Å². The molecule has 0 saturated carbocycles. The third-order valence-electron chi connectivity index (χ3n) is 5.32. The number of hydrogen-bond acceptors (Lipinski definition) is 6. The molecule has 0 aliphatic carbocycles. The van der Waals surface area contributed by atoms with E-state index in [2.05, 4.69) is 10.3 Å². The van der Waals surface area contributed by atoms with Gasteiger partial charge in [0, 0.05) is 37.9 Å². The van der Waals surface area contributed by atoms with E-state index in [0.29, 0.717) is 58.6 Å². The molecule has 8 nitrogen and oxygen atoms in total. The van der Waals surface area contributed by atoms with Gasteiger partial charge in [-0.1, -0.05) is 39.6 Å². The number of aryl methyl sites for hydroxylation is 1. The summed E-state index contributed by atoms with van der Waals surface area (Å²) in [6.07, 6.45) is 1.19. The predicted molar refractivity (Wildman–Crippen MR) is 105 cm³/mol. The molecular weight excluding hydrogens is 421 g/mol. The number of likely N-dealkylation sites (tertiary alicyclic amines) is 1. The van der Waals surface area contributed by atoms with Crippen LogP contribution in [0.2, 0.25) is 10.0 Å². The van der Waals surface area contributed by atoms with Crippen molar-refractivity contribution >= 4 is 40.8 Å². The number of rotatable bonds is 3. The fraction of sp³-hybridized carbons (Fsp3) is 0.368. The zero-order chi connectivity index (χ0) is 20.8. The van der Waals surface area contributed by atoms with Crippen LogP contribution < -0.4 is 0 Å². The van der Waals surface area contributed by atoms with Crippen molar-refractivity contribution in [2.24, 2.45) is 5.16 Å². The lowest BCUT2D eigenvalue weighted by molar-refractivity contribution is -0.129. The van der Waals surface area contributed by atoms with Crippen LogP contribution in [0.15, 0.2) is 27.9 Å². The number of amides is 1. The fourth-order valence-corrected chi connectivity index (χ4v) is 4.27. The van der Waals surface area contributed by atoms with Gasteiger partial charge < -0.3 is 19.4 Å². The molecule has 1 amide bonds. The van der Waals surface area contributed by atoms with Crippen molar-refractivity contribution in [1.82, 2.24) is 10.1 Å². The van der Waals surface area contributed by atoms with Crippen molar-refractivity contribution in [2.75, 3.05) is 13.1 Å². The highest BCUT2D eigenvalue weighted by Crippen LogP contribution is 2.39. The van der Waals surface area contributed by atoms with Gasteiger partial charge in [0.15, 0.2) is 5.71 Å². The minimum absolute atomic E-state index is 0.00954. The van der Waals surface area contributed by atoms with Crippen molar-refractivity contribution in [3.8, 4) is 11.3 Å². The molecule has 1 fully saturated rings. The van der Waals surface area contributed by atoms with Crippen molar-refractivity contribution in [2.45, 2.75) is 31.8 Å². The lowest BCUT2D eigenvalue weighted by Gasteiger charge is -2.37. The molecule has 0 unspecified atom stereocenters. The summed E-state index contributed by atoms with van der Waals surface area (Å²) < 4.78 is 5.28. The minimum Gasteiger partial charge on any atom is -0.477 e. The van der Waals surface area contributed by atoms with Crippen molar-refractivity contribution in [1.29, 1.82) is 0 Å². The van der Waals surface area contributed by atoms with Crippen LogP contribution in [0.5, 0.6) is 0 Å². The monoisotopic (exact) mass is 437 g/mol. The number of piperidine rings is 1. The average Bonchev–Trinajstić information content (AvgIpc) is 3.26.